The van der Waals surface area contributed by atoms with Crippen LogP contribution < -0.4 is 10.1 Å². The molecule has 2 N–H and O–H groups in total. The zero-order chi connectivity index (χ0) is 15.2. The minimum Gasteiger partial charge on any atom is -0.497 e. The van der Waals surface area contributed by atoms with Crippen molar-refractivity contribution >= 4 is 11.7 Å². The predicted molar refractivity (Wildman–Crippen MR) is 79.3 cm³/mol. The van der Waals surface area contributed by atoms with Crippen molar-refractivity contribution < 1.29 is 14.6 Å². The summed E-state index contributed by atoms with van der Waals surface area (Å²) in [7, 11) is 1.54. The molecule has 2 rings (SSSR count). The van der Waals surface area contributed by atoms with Crippen LogP contribution in [0.15, 0.2) is 18.2 Å². The van der Waals surface area contributed by atoms with E-state index in [4.69, 9.17) is 10.00 Å². The Morgan fingerprint density at radius 3 is 2.71 bits per heavy atom. The summed E-state index contributed by atoms with van der Waals surface area (Å²) in [6.45, 7) is 0. The normalized spacial score (nSPS) is 16.8. The van der Waals surface area contributed by atoms with Gasteiger partial charge in [0.15, 0.2) is 0 Å². The van der Waals surface area contributed by atoms with Gasteiger partial charge in [-0.15, -0.1) is 0 Å². The number of ether oxygens (including phenoxy) is 1. The van der Waals surface area contributed by atoms with Crippen LogP contribution in [-0.2, 0) is 4.79 Å². The Kier molecular flexibility index (Phi) is 5.04. The summed E-state index contributed by atoms with van der Waals surface area (Å²) < 4.78 is 5.15. The molecule has 1 saturated carbocycles. The van der Waals surface area contributed by atoms with Crippen LogP contribution in [0.2, 0.25) is 0 Å². The molecule has 1 aromatic rings. The van der Waals surface area contributed by atoms with Crippen molar-refractivity contribution in [1.82, 2.24) is 0 Å². The summed E-state index contributed by atoms with van der Waals surface area (Å²) in [6.07, 6.45) is 5.13. The number of methoxy groups -OCH3 is 1. The number of nitrogens with one attached hydrogen (secondary N) is 1. The number of benzene rings is 1. The van der Waals surface area contributed by atoms with E-state index in [-0.39, 0.29) is 5.92 Å². The van der Waals surface area contributed by atoms with E-state index in [0.717, 1.165) is 25.7 Å². The maximum absolute atomic E-state index is 11.6. The molecule has 5 nitrogen and oxygen atoms in total. The SMILES string of the molecule is COc1ccc(C#N)c(NC(C(=O)O)C2CCCCC2)c1. The molecule has 112 valence electrons. The fraction of sp³-hybridized carbons (Fsp3) is 0.500. The molecule has 0 spiro atoms. The van der Waals surface area contributed by atoms with Gasteiger partial charge in [0.05, 0.1) is 18.4 Å². The first-order valence-corrected chi connectivity index (χ1v) is 7.23. The van der Waals surface area contributed by atoms with E-state index < -0.39 is 12.0 Å². The Bertz CT molecular complexity index is 545. The van der Waals surface area contributed by atoms with Gasteiger partial charge in [0.1, 0.15) is 17.9 Å². The van der Waals surface area contributed by atoms with E-state index in [2.05, 4.69) is 11.4 Å². The molecule has 1 fully saturated rings. The van der Waals surface area contributed by atoms with Crippen molar-refractivity contribution in [2.24, 2.45) is 5.92 Å². The molecule has 0 bridgehead atoms. The number of aliphatic carboxylic acids is 1. The van der Waals surface area contributed by atoms with Crippen LogP contribution in [0, 0.1) is 17.2 Å². The van der Waals surface area contributed by atoms with Crippen molar-refractivity contribution in [1.29, 1.82) is 5.26 Å². The smallest absolute Gasteiger partial charge is 0.326 e. The second kappa shape index (κ2) is 6.98. The quantitative estimate of drug-likeness (QED) is 0.870. The summed E-state index contributed by atoms with van der Waals surface area (Å²) in [5, 5.41) is 21.7. The summed E-state index contributed by atoms with van der Waals surface area (Å²) >= 11 is 0. The topological polar surface area (TPSA) is 82.3 Å². The van der Waals surface area contributed by atoms with Crippen LogP contribution in [0.4, 0.5) is 5.69 Å². The highest BCUT2D eigenvalue weighted by atomic mass is 16.5. The van der Waals surface area contributed by atoms with Crippen LogP contribution in [0.1, 0.15) is 37.7 Å². The van der Waals surface area contributed by atoms with Gasteiger partial charge >= 0.3 is 5.97 Å². The minimum absolute atomic E-state index is 0.106. The highest BCUT2D eigenvalue weighted by Crippen LogP contribution is 2.30. The van der Waals surface area contributed by atoms with Crippen molar-refractivity contribution in [2.45, 2.75) is 38.1 Å². The van der Waals surface area contributed by atoms with Gasteiger partial charge in [0, 0.05) is 6.07 Å². The maximum Gasteiger partial charge on any atom is 0.326 e. The fourth-order valence-corrected chi connectivity index (χ4v) is 2.88. The number of carboxylic acids is 1. The molecule has 1 aliphatic carbocycles. The third-order valence-corrected chi connectivity index (χ3v) is 4.05. The lowest BCUT2D eigenvalue weighted by Crippen LogP contribution is -2.38. The fourth-order valence-electron chi connectivity index (χ4n) is 2.88. The van der Waals surface area contributed by atoms with E-state index in [1.54, 1.807) is 25.3 Å². The van der Waals surface area contributed by atoms with Gasteiger partial charge in [-0.05, 0) is 30.9 Å². The van der Waals surface area contributed by atoms with E-state index in [1.165, 1.54) is 6.42 Å². The Hall–Kier alpha value is -2.22. The van der Waals surface area contributed by atoms with Crippen molar-refractivity contribution in [3.8, 4) is 11.8 Å². The number of rotatable bonds is 5. The van der Waals surface area contributed by atoms with Crippen molar-refractivity contribution in [2.75, 3.05) is 12.4 Å². The monoisotopic (exact) mass is 288 g/mol. The highest BCUT2D eigenvalue weighted by molar-refractivity contribution is 5.79. The zero-order valence-corrected chi connectivity index (χ0v) is 12.1. The molecular weight excluding hydrogens is 268 g/mol. The third kappa shape index (κ3) is 3.66. The molecule has 0 aromatic heterocycles. The van der Waals surface area contributed by atoms with Gasteiger partial charge in [0.25, 0.3) is 0 Å². The number of nitriles is 1. The first-order chi connectivity index (χ1) is 10.2. The van der Waals surface area contributed by atoms with Gasteiger partial charge in [0.2, 0.25) is 0 Å². The third-order valence-electron chi connectivity index (χ3n) is 4.05. The number of carboxylic acid groups (broad SMARTS) is 1. The Morgan fingerprint density at radius 2 is 2.14 bits per heavy atom. The standard InChI is InChI=1S/C16H20N2O3/c1-21-13-8-7-12(10-17)14(9-13)18-15(16(19)20)11-5-3-2-4-6-11/h7-9,11,15,18H,2-6H2,1H3,(H,19,20). The molecular formula is C16H20N2O3. The second-order valence-electron chi connectivity index (χ2n) is 5.38. The van der Waals surface area contributed by atoms with E-state index in [0.29, 0.717) is 17.0 Å². The molecule has 21 heavy (non-hydrogen) atoms. The summed E-state index contributed by atoms with van der Waals surface area (Å²) in [4.78, 5) is 11.6. The molecule has 0 radical (unpaired) electrons. The molecule has 0 aliphatic heterocycles. The van der Waals surface area contributed by atoms with Crippen LogP contribution in [-0.4, -0.2) is 24.2 Å². The number of anilines is 1. The summed E-state index contributed by atoms with van der Waals surface area (Å²) in [5.41, 5.74) is 0.952. The van der Waals surface area contributed by atoms with Crippen LogP contribution in [0.5, 0.6) is 5.75 Å². The number of hydrogen-bond acceptors (Lipinski definition) is 4. The van der Waals surface area contributed by atoms with E-state index >= 15 is 0 Å². The second-order valence-corrected chi connectivity index (χ2v) is 5.38. The minimum atomic E-state index is -0.867. The van der Waals surface area contributed by atoms with Crippen molar-refractivity contribution in [3.63, 3.8) is 0 Å². The van der Waals surface area contributed by atoms with Gasteiger partial charge in [-0.3, -0.25) is 0 Å². The van der Waals surface area contributed by atoms with Gasteiger partial charge in [-0.2, -0.15) is 5.26 Å². The van der Waals surface area contributed by atoms with Gasteiger partial charge in [-0.1, -0.05) is 19.3 Å². The molecule has 0 saturated heterocycles. The Balaban J connectivity index is 2.23. The first kappa shape index (κ1) is 15.2. The lowest BCUT2D eigenvalue weighted by Gasteiger charge is -2.29. The first-order valence-electron chi connectivity index (χ1n) is 7.23. The molecule has 1 aromatic carbocycles. The highest BCUT2D eigenvalue weighted by Gasteiger charge is 2.29. The van der Waals surface area contributed by atoms with Crippen molar-refractivity contribution in [3.05, 3.63) is 23.8 Å². The number of hydrogen-bond donors (Lipinski definition) is 2. The molecule has 1 atom stereocenters. The largest absolute Gasteiger partial charge is 0.497 e. The van der Waals surface area contributed by atoms with Gasteiger partial charge < -0.3 is 15.2 Å². The summed E-state index contributed by atoms with van der Waals surface area (Å²) in [5.74, 6) is -0.160. The Labute approximate surface area is 124 Å². The molecule has 5 heteroatoms. The number of carbonyl (C=O) groups is 1. The van der Waals surface area contributed by atoms with Crippen LogP contribution in [0.3, 0.4) is 0 Å². The predicted octanol–water partition coefficient (Wildman–Crippen LogP) is 3.01. The van der Waals surface area contributed by atoms with E-state index in [1.807, 2.05) is 0 Å². The number of nitrogens with zero attached hydrogens (tertiary/aromatic N) is 1. The maximum atomic E-state index is 11.6. The van der Waals surface area contributed by atoms with Gasteiger partial charge in [-0.25, -0.2) is 4.79 Å². The molecule has 0 heterocycles. The molecule has 0 amide bonds. The lowest BCUT2D eigenvalue weighted by atomic mass is 9.83. The van der Waals surface area contributed by atoms with E-state index in [9.17, 15) is 9.90 Å². The van der Waals surface area contributed by atoms with Crippen LogP contribution in [0.25, 0.3) is 0 Å². The molecule has 1 unspecified atom stereocenters. The Morgan fingerprint density at radius 1 is 1.43 bits per heavy atom. The average Bonchev–Trinajstić information content (AvgIpc) is 2.52. The van der Waals surface area contributed by atoms with Crippen LogP contribution >= 0.6 is 0 Å². The summed E-state index contributed by atoms with van der Waals surface area (Å²) in [6, 6.07) is 6.43. The average molecular weight is 288 g/mol. The zero-order valence-electron chi connectivity index (χ0n) is 12.1. The lowest BCUT2D eigenvalue weighted by molar-refractivity contribution is -0.139. The molecule has 1 aliphatic rings.